The maximum absolute atomic E-state index is 13.7. The molecule has 2 heterocycles. The van der Waals surface area contributed by atoms with E-state index in [0.29, 0.717) is 17.5 Å². The lowest BCUT2D eigenvalue weighted by atomic mass is 10.2. The third-order valence-corrected chi connectivity index (χ3v) is 4.45. The van der Waals surface area contributed by atoms with Gasteiger partial charge < -0.3 is 30.9 Å². The highest BCUT2D eigenvalue weighted by Gasteiger charge is 2.14. The third-order valence-electron chi connectivity index (χ3n) is 4.45. The molecule has 3 aromatic rings. The molecule has 1 aromatic carbocycles. The van der Waals surface area contributed by atoms with E-state index in [1.54, 1.807) is 44.3 Å². The van der Waals surface area contributed by atoms with E-state index in [-0.39, 0.29) is 24.9 Å². The number of nitrogens with zero attached hydrogens (tertiary/aromatic N) is 4. The fraction of sp³-hybridized carbons (Fsp3) is 0.333. The first kappa shape index (κ1) is 23.1. The number of halogens is 1. The highest BCUT2D eigenvalue weighted by molar-refractivity contribution is 5.62. The van der Waals surface area contributed by atoms with Crippen LogP contribution in [0.3, 0.4) is 0 Å². The summed E-state index contributed by atoms with van der Waals surface area (Å²) < 4.78 is 19.4. The Bertz CT molecular complexity index is 1030. The summed E-state index contributed by atoms with van der Waals surface area (Å²) in [5.74, 6) is 0.365. The van der Waals surface area contributed by atoms with Crippen molar-refractivity contribution in [3.63, 3.8) is 0 Å². The fourth-order valence-corrected chi connectivity index (χ4v) is 2.50. The van der Waals surface area contributed by atoms with E-state index < -0.39 is 18.0 Å². The fourth-order valence-electron chi connectivity index (χ4n) is 2.50. The third kappa shape index (κ3) is 6.22. The van der Waals surface area contributed by atoms with Crippen molar-refractivity contribution in [1.82, 2.24) is 19.9 Å². The van der Waals surface area contributed by atoms with Crippen molar-refractivity contribution in [3.8, 4) is 5.88 Å². The molecule has 32 heavy (non-hydrogen) atoms. The smallest absolute Gasteiger partial charge is 0.230 e. The molecular formula is C21H26FN7O3. The molecule has 0 spiro atoms. The summed E-state index contributed by atoms with van der Waals surface area (Å²) >= 11 is 0. The van der Waals surface area contributed by atoms with Gasteiger partial charge in [-0.05, 0) is 45.0 Å². The van der Waals surface area contributed by atoms with Gasteiger partial charge in [0, 0.05) is 29.7 Å². The minimum atomic E-state index is -0.632. The lowest BCUT2D eigenvalue weighted by Gasteiger charge is -2.18. The van der Waals surface area contributed by atoms with Gasteiger partial charge in [-0.1, -0.05) is 0 Å². The van der Waals surface area contributed by atoms with Gasteiger partial charge in [-0.3, -0.25) is 0 Å². The molecule has 10 nitrogen and oxygen atoms in total. The first-order valence-corrected chi connectivity index (χ1v) is 10.1. The van der Waals surface area contributed by atoms with Crippen LogP contribution in [0, 0.1) is 12.7 Å². The van der Waals surface area contributed by atoms with E-state index in [4.69, 9.17) is 9.84 Å². The maximum atomic E-state index is 13.7. The Balaban J connectivity index is 1.66. The van der Waals surface area contributed by atoms with Crippen molar-refractivity contribution in [2.75, 3.05) is 29.1 Å². The van der Waals surface area contributed by atoms with Crippen LogP contribution in [-0.4, -0.2) is 55.5 Å². The average molecular weight is 443 g/mol. The zero-order valence-electron chi connectivity index (χ0n) is 18.0. The monoisotopic (exact) mass is 443 g/mol. The number of ether oxygens (including phenoxy) is 1. The molecule has 0 aliphatic carbocycles. The summed E-state index contributed by atoms with van der Waals surface area (Å²) in [7, 11) is 0. The zero-order valence-corrected chi connectivity index (χ0v) is 18.0. The van der Waals surface area contributed by atoms with E-state index in [1.807, 2.05) is 6.92 Å². The largest absolute Gasteiger partial charge is 0.472 e. The van der Waals surface area contributed by atoms with Crippen LogP contribution in [0.2, 0.25) is 0 Å². The van der Waals surface area contributed by atoms with Crippen molar-refractivity contribution in [2.45, 2.75) is 33.0 Å². The van der Waals surface area contributed by atoms with E-state index in [1.165, 1.54) is 0 Å². The lowest BCUT2D eigenvalue weighted by molar-refractivity contribution is 0.0570. The number of aryl methyl sites for hydroxylation is 1. The molecule has 0 saturated carbocycles. The van der Waals surface area contributed by atoms with Gasteiger partial charge in [-0.2, -0.15) is 9.97 Å². The summed E-state index contributed by atoms with van der Waals surface area (Å²) in [4.78, 5) is 16.6. The van der Waals surface area contributed by atoms with Crippen LogP contribution in [-0.2, 0) is 0 Å². The van der Waals surface area contributed by atoms with Gasteiger partial charge in [0.2, 0.25) is 17.8 Å². The molecule has 0 aliphatic rings. The number of nitrogens with one attached hydrogen (secondary N) is 3. The second-order valence-electron chi connectivity index (χ2n) is 7.11. The van der Waals surface area contributed by atoms with Crippen LogP contribution in [0.5, 0.6) is 5.88 Å². The molecule has 0 bridgehead atoms. The summed E-state index contributed by atoms with van der Waals surface area (Å²) in [5.41, 5.74) is 2.18. The van der Waals surface area contributed by atoms with Crippen LogP contribution < -0.4 is 20.7 Å². The SMILES string of the molecule is Cc1cnc(Nc2ccc(Nc3ncc(F)c(NCCO)n3)cc2)nc1O[C@H](C)[C@@H](C)O. The van der Waals surface area contributed by atoms with Crippen molar-refractivity contribution in [3.05, 3.63) is 48.0 Å². The van der Waals surface area contributed by atoms with Crippen molar-refractivity contribution >= 4 is 29.1 Å². The first-order chi connectivity index (χ1) is 15.4. The van der Waals surface area contributed by atoms with Gasteiger partial charge >= 0.3 is 0 Å². The topological polar surface area (TPSA) is 137 Å². The second kappa shape index (κ2) is 10.6. The number of aliphatic hydroxyl groups is 2. The molecule has 0 unspecified atom stereocenters. The van der Waals surface area contributed by atoms with Gasteiger partial charge in [0.05, 0.1) is 18.9 Å². The van der Waals surface area contributed by atoms with Crippen LogP contribution in [0.25, 0.3) is 0 Å². The molecular weight excluding hydrogens is 417 g/mol. The molecule has 2 atom stereocenters. The highest BCUT2D eigenvalue weighted by Crippen LogP contribution is 2.22. The Morgan fingerprint density at radius 3 is 2.19 bits per heavy atom. The maximum Gasteiger partial charge on any atom is 0.230 e. The predicted octanol–water partition coefficient (Wildman–Crippen LogP) is 2.75. The van der Waals surface area contributed by atoms with Crippen molar-refractivity contribution < 1.29 is 19.3 Å². The van der Waals surface area contributed by atoms with E-state index in [0.717, 1.165) is 17.4 Å². The number of aromatic nitrogens is 4. The van der Waals surface area contributed by atoms with Crippen LogP contribution in [0.4, 0.5) is 33.5 Å². The summed E-state index contributed by atoms with van der Waals surface area (Å²) in [6, 6.07) is 7.19. The Labute approximate surface area is 184 Å². The van der Waals surface area contributed by atoms with E-state index in [9.17, 15) is 9.50 Å². The van der Waals surface area contributed by atoms with Gasteiger partial charge in [0.1, 0.15) is 6.10 Å². The first-order valence-electron chi connectivity index (χ1n) is 10.1. The van der Waals surface area contributed by atoms with Gasteiger partial charge in [0.15, 0.2) is 11.6 Å². The number of hydrogen-bond acceptors (Lipinski definition) is 10. The quantitative estimate of drug-likeness (QED) is 0.318. The molecule has 0 saturated heterocycles. The van der Waals surface area contributed by atoms with Gasteiger partial charge in [-0.25, -0.2) is 14.4 Å². The minimum Gasteiger partial charge on any atom is -0.472 e. The number of rotatable bonds is 10. The average Bonchev–Trinajstić information content (AvgIpc) is 2.77. The van der Waals surface area contributed by atoms with E-state index >= 15 is 0 Å². The second-order valence-corrected chi connectivity index (χ2v) is 7.11. The molecule has 0 fully saturated rings. The number of hydrogen-bond donors (Lipinski definition) is 5. The van der Waals surface area contributed by atoms with Gasteiger partial charge in [0.25, 0.3) is 0 Å². The molecule has 0 radical (unpaired) electrons. The number of aliphatic hydroxyl groups excluding tert-OH is 2. The Hall–Kier alpha value is -3.57. The molecule has 0 amide bonds. The summed E-state index contributed by atoms with van der Waals surface area (Å²) in [6.07, 6.45) is 1.66. The van der Waals surface area contributed by atoms with Crippen molar-refractivity contribution in [2.24, 2.45) is 0 Å². The van der Waals surface area contributed by atoms with Gasteiger partial charge in [-0.15, -0.1) is 0 Å². The lowest BCUT2D eigenvalue weighted by Crippen LogP contribution is -2.26. The summed E-state index contributed by atoms with van der Waals surface area (Å²) in [5, 5.41) is 27.3. The normalized spacial score (nSPS) is 12.7. The Kier molecular flexibility index (Phi) is 7.68. The molecule has 5 N–H and O–H groups in total. The molecule has 3 rings (SSSR count). The molecule has 0 aliphatic heterocycles. The molecule has 11 heteroatoms. The van der Waals surface area contributed by atoms with Crippen LogP contribution in [0.15, 0.2) is 36.7 Å². The van der Waals surface area contributed by atoms with E-state index in [2.05, 4.69) is 35.9 Å². The standard InChI is InChI=1S/C21H26FN7O3/c1-12-10-24-21(29-19(12)32-14(3)13(2)31)27-16-6-4-15(5-7-16)26-20-25-11-17(22)18(28-20)23-8-9-30/h4-7,10-11,13-14,30-31H,8-9H2,1-3H3,(H,24,27,29)(H2,23,25,26,28)/t13-,14-/m1/s1. The Morgan fingerprint density at radius 2 is 1.59 bits per heavy atom. The molecule has 170 valence electrons. The highest BCUT2D eigenvalue weighted by atomic mass is 19.1. The molecule has 2 aromatic heterocycles. The minimum absolute atomic E-state index is 0.00860. The Morgan fingerprint density at radius 1 is 1.00 bits per heavy atom. The number of benzene rings is 1. The number of anilines is 5. The summed E-state index contributed by atoms with van der Waals surface area (Å²) in [6.45, 7) is 5.29. The van der Waals surface area contributed by atoms with Crippen LogP contribution >= 0.6 is 0 Å². The zero-order chi connectivity index (χ0) is 23.1. The predicted molar refractivity (Wildman–Crippen MR) is 119 cm³/mol. The van der Waals surface area contributed by atoms with Crippen LogP contribution in [0.1, 0.15) is 19.4 Å². The van der Waals surface area contributed by atoms with Crippen molar-refractivity contribution in [1.29, 1.82) is 0 Å².